The Kier molecular flexibility index (Phi) is 7.86. The van der Waals surface area contributed by atoms with Gasteiger partial charge in [0.2, 0.25) is 5.91 Å². The topological polar surface area (TPSA) is 113 Å². The van der Waals surface area contributed by atoms with Crippen molar-refractivity contribution in [2.75, 3.05) is 5.32 Å². The Bertz CT molecular complexity index is 920. The van der Waals surface area contributed by atoms with E-state index >= 15 is 0 Å². The Hall–Kier alpha value is -3.48. The Balaban J connectivity index is 2.16. The largest absolute Gasteiger partial charge is 0.481 e. The first-order chi connectivity index (χ1) is 14.2. The van der Waals surface area contributed by atoms with Crippen LogP contribution in [0.25, 0.3) is 0 Å². The van der Waals surface area contributed by atoms with Crippen LogP contribution >= 0.6 is 0 Å². The lowest BCUT2D eigenvalue weighted by Crippen LogP contribution is -2.43. The van der Waals surface area contributed by atoms with E-state index in [4.69, 9.17) is 5.11 Å². The maximum atomic E-state index is 12.7. The van der Waals surface area contributed by atoms with Crippen LogP contribution in [0.5, 0.6) is 0 Å². The van der Waals surface area contributed by atoms with Crippen LogP contribution in [0.4, 0.5) is 5.69 Å². The molecule has 2 aromatic rings. The van der Waals surface area contributed by atoms with Gasteiger partial charge in [-0.15, -0.1) is 0 Å². The molecular weight excluding hydrogens is 384 g/mol. The van der Waals surface area contributed by atoms with E-state index in [2.05, 4.69) is 10.6 Å². The van der Waals surface area contributed by atoms with Gasteiger partial charge in [-0.2, -0.15) is 0 Å². The van der Waals surface area contributed by atoms with Gasteiger partial charge in [0.25, 0.3) is 5.91 Å². The molecule has 158 valence electrons. The number of ketones is 1. The second-order valence-corrected chi connectivity index (χ2v) is 7.38. The summed E-state index contributed by atoms with van der Waals surface area (Å²) in [6, 6.07) is 13.0. The zero-order valence-electron chi connectivity index (χ0n) is 17.3. The van der Waals surface area contributed by atoms with E-state index in [1.165, 1.54) is 13.8 Å². The summed E-state index contributed by atoms with van der Waals surface area (Å²) in [4.78, 5) is 47.7. The Morgan fingerprint density at radius 1 is 0.967 bits per heavy atom. The molecule has 0 aromatic heterocycles. The SMILES string of the molecule is CC(=O)Nc1ccc(C(=O)NC(Cc2ccc(C)cc2)C(=O)CC(C)C(=O)O)cc1. The summed E-state index contributed by atoms with van der Waals surface area (Å²) in [6.07, 6.45) is 0.0920. The molecule has 0 bridgehead atoms. The molecule has 0 aliphatic rings. The predicted molar refractivity (Wildman–Crippen MR) is 113 cm³/mol. The molecule has 0 heterocycles. The van der Waals surface area contributed by atoms with Gasteiger partial charge in [-0.1, -0.05) is 36.8 Å². The van der Waals surface area contributed by atoms with Crippen LogP contribution < -0.4 is 10.6 Å². The highest BCUT2D eigenvalue weighted by Gasteiger charge is 2.25. The van der Waals surface area contributed by atoms with E-state index in [1.807, 2.05) is 31.2 Å². The summed E-state index contributed by atoms with van der Waals surface area (Å²) in [5, 5.41) is 14.5. The summed E-state index contributed by atoms with van der Waals surface area (Å²) >= 11 is 0. The molecule has 2 unspecified atom stereocenters. The second-order valence-electron chi connectivity index (χ2n) is 7.38. The number of carboxylic acids is 1. The fourth-order valence-corrected chi connectivity index (χ4v) is 2.89. The molecule has 2 amide bonds. The number of carboxylic acid groups (broad SMARTS) is 1. The predicted octanol–water partition coefficient (Wildman–Crippen LogP) is 2.97. The molecule has 0 fully saturated rings. The van der Waals surface area contributed by atoms with Crippen LogP contribution in [-0.2, 0) is 20.8 Å². The van der Waals surface area contributed by atoms with Gasteiger partial charge in [0.05, 0.1) is 12.0 Å². The molecule has 0 aliphatic carbocycles. The first kappa shape index (κ1) is 22.8. The molecule has 2 rings (SSSR count). The van der Waals surface area contributed by atoms with Crippen LogP contribution in [0.3, 0.4) is 0 Å². The maximum Gasteiger partial charge on any atom is 0.306 e. The molecule has 2 atom stereocenters. The maximum absolute atomic E-state index is 12.7. The number of carbonyl (C=O) groups is 4. The lowest BCUT2D eigenvalue weighted by atomic mass is 9.95. The Labute approximate surface area is 175 Å². The van der Waals surface area contributed by atoms with Crippen molar-refractivity contribution in [2.24, 2.45) is 5.92 Å². The normalized spacial score (nSPS) is 12.5. The van der Waals surface area contributed by atoms with E-state index < -0.39 is 23.8 Å². The van der Waals surface area contributed by atoms with Gasteiger partial charge in [-0.05, 0) is 43.2 Å². The van der Waals surface area contributed by atoms with Crippen molar-refractivity contribution in [3.8, 4) is 0 Å². The number of nitrogens with one attached hydrogen (secondary N) is 2. The molecule has 3 N–H and O–H groups in total. The first-order valence-corrected chi connectivity index (χ1v) is 9.65. The van der Waals surface area contributed by atoms with Crippen LogP contribution in [0, 0.1) is 12.8 Å². The summed E-state index contributed by atoms with van der Waals surface area (Å²) in [7, 11) is 0. The highest BCUT2D eigenvalue weighted by atomic mass is 16.4. The van der Waals surface area contributed by atoms with E-state index in [9.17, 15) is 19.2 Å². The standard InChI is InChI=1S/C23H26N2O5/c1-14-4-6-17(7-5-14)13-20(21(27)12-15(2)23(29)30)25-22(28)18-8-10-19(11-9-18)24-16(3)26/h4-11,15,20H,12-13H2,1-3H3,(H,24,26)(H,25,28)(H,29,30). The smallest absolute Gasteiger partial charge is 0.306 e. The van der Waals surface area contributed by atoms with Crippen molar-refractivity contribution in [2.45, 2.75) is 39.7 Å². The molecule has 7 heteroatoms. The monoisotopic (exact) mass is 410 g/mol. The molecule has 30 heavy (non-hydrogen) atoms. The number of aryl methyl sites for hydroxylation is 1. The molecule has 0 saturated heterocycles. The fourth-order valence-electron chi connectivity index (χ4n) is 2.89. The molecule has 0 radical (unpaired) electrons. The molecular formula is C23H26N2O5. The van der Waals surface area contributed by atoms with Crippen LogP contribution in [-0.4, -0.2) is 34.7 Å². The van der Waals surface area contributed by atoms with Gasteiger partial charge >= 0.3 is 5.97 Å². The zero-order valence-corrected chi connectivity index (χ0v) is 17.3. The minimum Gasteiger partial charge on any atom is -0.481 e. The summed E-state index contributed by atoms with van der Waals surface area (Å²) in [5.74, 6) is -2.90. The number of anilines is 1. The number of hydrogen-bond acceptors (Lipinski definition) is 4. The number of amides is 2. The van der Waals surface area contributed by atoms with Crippen molar-refractivity contribution in [1.82, 2.24) is 5.32 Å². The third-order valence-corrected chi connectivity index (χ3v) is 4.65. The summed E-state index contributed by atoms with van der Waals surface area (Å²) in [5.41, 5.74) is 2.83. The van der Waals surface area contributed by atoms with Crippen LogP contribution in [0.15, 0.2) is 48.5 Å². The number of benzene rings is 2. The van der Waals surface area contributed by atoms with Gasteiger partial charge in [-0.25, -0.2) is 0 Å². The summed E-state index contributed by atoms with van der Waals surface area (Å²) in [6.45, 7) is 4.80. The van der Waals surface area contributed by atoms with E-state index in [0.29, 0.717) is 11.3 Å². The molecule has 0 aliphatic heterocycles. The number of Topliss-reactive ketones (excluding diaryl/α,β-unsaturated/α-hetero) is 1. The van der Waals surface area contributed by atoms with Gasteiger partial charge in [0.15, 0.2) is 5.78 Å². The van der Waals surface area contributed by atoms with Crippen LogP contribution in [0.1, 0.15) is 41.8 Å². The second kappa shape index (κ2) is 10.3. The minimum atomic E-state index is -1.06. The molecule has 0 spiro atoms. The zero-order chi connectivity index (χ0) is 22.3. The molecule has 0 saturated carbocycles. The average molecular weight is 410 g/mol. The Morgan fingerprint density at radius 2 is 1.57 bits per heavy atom. The highest BCUT2D eigenvalue weighted by molar-refractivity contribution is 5.99. The third kappa shape index (κ3) is 6.84. The number of rotatable bonds is 9. The lowest BCUT2D eigenvalue weighted by molar-refractivity contribution is -0.143. The van der Waals surface area contributed by atoms with Crippen LogP contribution in [0.2, 0.25) is 0 Å². The molecule has 7 nitrogen and oxygen atoms in total. The minimum absolute atomic E-state index is 0.173. The third-order valence-electron chi connectivity index (χ3n) is 4.65. The van der Waals surface area contributed by atoms with Crippen molar-refractivity contribution in [3.63, 3.8) is 0 Å². The van der Waals surface area contributed by atoms with Crippen molar-refractivity contribution in [3.05, 3.63) is 65.2 Å². The van der Waals surface area contributed by atoms with Crippen molar-refractivity contribution in [1.29, 1.82) is 0 Å². The first-order valence-electron chi connectivity index (χ1n) is 9.65. The van der Waals surface area contributed by atoms with E-state index in [1.54, 1.807) is 24.3 Å². The quantitative estimate of drug-likeness (QED) is 0.588. The number of carbonyl (C=O) groups excluding carboxylic acids is 3. The lowest BCUT2D eigenvalue weighted by Gasteiger charge is -2.19. The van der Waals surface area contributed by atoms with Gasteiger partial charge in [-0.3, -0.25) is 19.2 Å². The van der Waals surface area contributed by atoms with Gasteiger partial charge in [0, 0.05) is 24.6 Å². The fraction of sp³-hybridized carbons (Fsp3) is 0.304. The Morgan fingerprint density at radius 3 is 2.10 bits per heavy atom. The average Bonchev–Trinajstić information content (AvgIpc) is 2.69. The summed E-state index contributed by atoms with van der Waals surface area (Å²) < 4.78 is 0. The van der Waals surface area contributed by atoms with Crippen molar-refractivity contribution < 1.29 is 24.3 Å². The van der Waals surface area contributed by atoms with Gasteiger partial charge in [0.1, 0.15) is 0 Å². The number of aliphatic carboxylic acids is 1. The van der Waals surface area contributed by atoms with Gasteiger partial charge < -0.3 is 15.7 Å². The number of hydrogen-bond donors (Lipinski definition) is 3. The van der Waals surface area contributed by atoms with E-state index in [0.717, 1.165) is 11.1 Å². The van der Waals surface area contributed by atoms with Crippen molar-refractivity contribution >= 4 is 29.3 Å². The van der Waals surface area contributed by atoms with E-state index in [-0.39, 0.29) is 24.5 Å². The highest BCUT2D eigenvalue weighted by Crippen LogP contribution is 2.14. The molecule has 2 aromatic carbocycles.